The molecule has 0 aliphatic heterocycles. The van der Waals surface area contributed by atoms with E-state index in [1.54, 1.807) is 0 Å². The Balaban J connectivity index is 2.90. The first-order valence-corrected chi connectivity index (χ1v) is 5.64. The molecule has 0 aliphatic rings. The zero-order chi connectivity index (χ0) is 14.6. The second-order valence-electron chi connectivity index (χ2n) is 3.43. The maximum Gasteiger partial charge on any atom is 0.326 e. The minimum absolute atomic E-state index is 0.000315. The molecule has 3 N–H and O–H groups in total. The molecule has 0 radical (unpaired) electrons. The van der Waals surface area contributed by atoms with Crippen LogP contribution < -0.4 is 5.32 Å². The van der Waals surface area contributed by atoms with E-state index >= 15 is 0 Å². The van der Waals surface area contributed by atoms with Crippen LogP contribution in [0.2, 0.25) is 10.2 Å². The number of hydrogen-bond acceptors (Lipinski definition) is 4. The van der Waals surface area contributed by atoms with Gasteiger partial charge in [0.15, 0.2) is 0 Å². The highest BCUT2D eigenvalue weighted by molar-refractivity contribution is 6.34. The lowest BCUT2D eigenvalue weighted by molar-refractivity contribution is -0.145. The first kappa shape index (κ1) is 15.2. The first-order valence-electron chi connectivity index (χ1n) is 4.88. The van der Waals surface area contributed by atoms with Gasteiger partial charge >= 0.3 is 11.9 Å². The molecule has 102 valence electrons. The zero-order valence-corrected chi connectivity index (χ0v) is 10.8. The predicted molar refractivity (Wildman–Crippen MR) is 65.4 cm³/mol. The Kier molecular flexibility index (Phi) is 5.08. The number of nitrogens with one attached hydrogen (secondary N) is 1. The first-order chi connectivity index (χ1) is 8.81. The van der Waals surface area contributed by atoms with Crippen molar-refractivity contribution < 1.29 is 24.6 Å². The Hall–Kier alpha value is -1.86. The average molecular weight is 307 g/mol. The fraction of sp³-hybridized carbons (Fsp3) is 0.200. The minimum atomic E-state index is -1.58. The molecule has 0 saturated heterocycles. The molecule has 1 heterocycles. The van der Waals surface area contributed by atoms with Crippen molar-refractivity contribution in [2.45, 2.75) is 12.5 Å². The quantitative estimate of drug-likeness (QED) is 0.700. The van der Waals surface area contributed by atoms with Crippen LogP contribution in [0.4, 0.5) is 0 Å². The van der Waals surface area contributed by atoms with Gasteiger partial charge in [0.05, 0.1) is 11.4 Å². The molecule has 0 fully saturated rings. The molecule has 0 spiro atoms. The molecule has 1 aromatic rings. The number of carboxylic acid groups (broad SMARTS) is 2. The third-order valence-electron chi connectivity index (χ3n) is 2.01. The lowest BCUT2D eigenvalue weighted by Crippen LogP contribution is -2.42. The molecular weight excluding hydrogens is 299 g/mol. The summed E-state index contributed by atoms with van der Waals surface area (Å²) < 4.78 is 0. The Morgan fingerprint density at radius 1 is 1.26 bits per heavy atom. The maximum atomic E-state index is 11.7. The molecule has 1 atom stereocenters. The number of pyridine rings is 1. The van der Waals surface area contributed by atoms with E-state index in [4.69, 9.17) is 33.4 Å². The monoisotopic (exact) mass is 306 g/mol. The van der Waals surface area contributed by atoms with Gasteiger partial charge in [-0.3, -0.25) is 9.59 Å². The fourth-order valence-corrected chi connectivity index (χ4v) is 1.52. The van der Waals surface area contributed by atoms with Gasteiger partial charge in [0, 0.05) is 0 Å². The van der Waals surface area contributed by atoms with E-state index in [9.17, 15) is 14.4 Å². The average Bonchev–Trinajstić information content (AvgIpc) is 2.30. The van der Waals surface area contributed by atoms with Crippen LogP contribution in [0, 0.1) is 0 Å². The van der Waals surface area contributed by atoms with E-state index in [0.717, 1.165) is 0 Å². The number of rotatable bonds is 5. The van der Waals surface area contributed by atoms with E-state index in [-0.39, 0.29) is 15.9 Å². The number of carbonyl (C=O) groups excluding carboxylic acids is 1. The molecule has 9 heteroatoms. The van der Waals surface area contributed by atoms with Gasteiger partial charge in [-0.05, 0) is 12.1 Å². The van der Waals surface area contributed by atoms with E-state index in [1.807, 2.05) is 5.32 Å². The topological polar surface area (TPSA) is 117 Å². The van der Waals surface area contributed by atoms with Crippen molar-refractivity contribution in [3.63, 3.8) is 0 Å². The Labute approximate surface area is 117 Å². The van der Waals surface area contributed by atoms with Crippen molar-refractivity contribution in [1.29, 1.82) is 0 Å². The lowest BCUT2D eigenvalue weighted by Gasteiger charge is -2.12. The van der Waals surface area contributed by atoms with Crippen molar-refractivity contribution >= 4 is 41.0 Å². The highest BCUT2D eigenvalue weighted by Crippen LogP contribution is 2.16. The van der Waals surface area contributed by atoms with Crippen LogP contribution in [-0.4, -0.2) is 39.1 Å². The maximum absolute atomic E-state index is 11.7. The normalized spacial score (nSPS) is 11.7. The molecular formula is C10H8Cl2N2O5. The van der Waals surface area contributed by atoms with Crippen molar-refractivity contribution in [2.75, 3.05) is 0 Å². The van der Waals surface area contributed by atoms with Crippen LogP contribution in [0.3, 0.4) is 0 Å². The van der Waals surface area contributed by atoms with Gasteiger partial charge in [0.25, 0.3) is 5.91 Å². The SMILES string of the molecule is O=C(O)C[C@H](NC(=O)c1nc(Cl)ccc1Cl)C(=O)O. The highest BCUT2D eigenvalue weighted by atomic mass is 35.5. The fourth-order valence-electron chi connectivity index (χ4n) is 1.18. The van der Waals surface area contributed by atoms with Crippen LogP contribution in [0.5, 0.6) is 0 Å². The van der Waals surface area contributed by atoms with Gasteiger partial charge in [0.1, 0.15) is 16.9 Å². The van der Waals surface area contributed by atoms with Crippen molar-refractivity contribution in [2.24, 2.45) is 0 Å². The van der Waals surface area contributed by atoms with E-state index in [1.165, 1.54) is 12.1 Å². The number of carbonyl (C=O) groups is 3. The number of nitrogens with zero attached hydrogens (tertiary/aromatic N) is 1. The summed E-state index contributed by atoms with van der Waals surface area (Å²) >= 11 is 11.3. The molecule has 0 bridgehead atoms. The molecule has 0 aliphatic carbocycles. The summed E-state index contributed by atoms with van der Waals surface area (Å²) in [4.78, 5) is 36.7. The zero-order valence-electron chi connectivity index (χ0n) is 9.26. The van der Waals surface area contributed by atoms with Gasteiger partial charge in [-0.25, -0.2) is 9.78 Å². The number of aliphatic carboxylic acids is 2. The lowest BCUT2D eigenvalue weighted by atomic mass is 10.2. The van der Waals surface area contributed by atoms with Crippen LogP contribution >= 0.6 is 23.2 Å². The second-order valence-corrected chi connectivity index (χ2v) is 4.22. The van der Waals surface area contributed by atoms with Crippen LogP contribution in [0.1, 0.15) is 16.9 Å². The molecule has 7 nitrogen and oxygen atoms in total. The minimum Gasteiger partial charge on any atom is -0.481 e. The summed E-state index contributed by atoms with van der Waals surface area (Å²) in [6.45, 7) is 0. The van der Waals surface area contributed by atoms with Crippen molar-refractivity contribution in [3.05, 3.63) is 28.0 Å². The van der Waals surface area contributed by atoms with Gasteiger partial charge in [-0.15, -0.1) is 0 Å². The third kappa shape index (κ3) is 4.38. The number of aromatic nitrogens is 1. The molecule has 0 unspecified atom stereocenters. The Bertz CT molecular complexity index is 535. The van der Waals surface area contributed by atoms with Crippen LogP contribution in [0.25, 0.3) is 0 Å². The molecule has 1 amide bonds. The number of amides is 1. The molecule has 1 rings (SSSR count). The summed E-state index contributed by atoms with van der Waals surface area (Å²) in [5.74, 6) is -3.76. The molecule has 0 saturated carbocycles. The summed E-state index contributed by atoms with van der Waals surface area (Å²) in [5.41, 5.74) is -0.272. The predicted octanol–water partition coefficient (Wildman–Crippen LogP) is 1.05. The van der Waals surface area contributed by atoms with Crippen LogP contribution in [-0.2, 0) is 9.59 Å². The second kappa shape index (κ2) is 6.35. The smallest absolute Gasteiger partial charge is 0.326 e. The summed E-state index contributed by atoms with van der Waals surface area (Å²) in [6.07, 6.45) is -0.765. The van der Waals surface area contributed by atoms with Crippen LogP contribution in [0.15, 0.2) is 12.1 Å². The van der Waals surface area contributed by atoms with Gasteiger partial charge in [-0.2, -0.15) is 0 Å². The van der Waals surface area contributed by atoms with Gasteiger partial charge < -0.3 is 15.5 Å². The summed E-state index contributed by atoms with van der Waals surface area (Å²) in [7, 11) is 0. The van der Waals surface area contributed by atoms with E-state index in [2.05, 4.69) is 4.98 Å². The summed E-state index contributed by atoms with van der Waals surface area (Å²) in [5, 5.41) is 19.3. The van der Waals surface area contributed by atoms with E-state index < -0.39 is 30.3 Å². The number of carboxylic acids is 2. The highest BCUT2D eigenvalue weighted by Gasteiger charge is 2.25. The van der Waals surface area contributed by atoms with Crippen molar-refractivity contribution in [3.8, 4) is 0 Å². The molecule has 19 heavy (non-hydrogen) atoms. The third-order valence-corrected chi connectivity index (χ3v) is 2.52. The molecule has 1 aromatic heterocycles. The van der Waals surface area contributed by atoms with Gasteiger partial charge in [0.2, 0.25) is 0 Å². The number of hydrogen-bond donors (Lipinski definition) is 3. The largest absolute Gasteiger partial charge is 0.481 e. The molecule has 0 aromatic carbocycles. The number of halogens is 2. The Morgan fingerprint density at radius 2 is 1.89 bits per heavy atom. The van der Waals surface area contributed by atoms with Gasteiger partial charge in [-0.1, -0.05) is 23.2 Å². The van der Waals surface area contributed by atoms with Crippen molar-refractivity contribution in [1.82, 2.24) is 10.3 Å². The Morgan fingerprint density at radius 3 is 2.42 bits per heavy atom. The van der Waals surface area contributed by atoms with E-state index in [0.29, 0.717) is 0 Å². The standard InChI is InChI=1S/C10H8Cl2N2O5/c11-4-1-2-6(12)14-8(4)9(17)13-5(10(18)19)3-7(15)16/h1-2,5H,3H2,(H,13,17)(H,15,16)(H,18,19)/t5-/m0/s1. The summed E-state index contributed by atoms with van der Waals surface area (Å²) in [6, 6.07) is 1.09.